The van der Waals surface area contributed by atoms with Crippen LogP contribution in [0.2, 0.25) is 0 Å². The number of para-hydroxylation sites is 1. The summed E-state index contributed by atoms with van der Waals surface area (Å²) in [6.07, 6.45) is -1.18. The van der Waals surface area contributed by atoms with Gasteiger partial charge in [0, 0.05) is 5.56 Å². The maximum absolute atomic E-state index is 7.57. The van der Waals surface area contributed by atoms with Gasteiger partial charge in [-0.1, -0.05) is 18.2 Å². The molecule has 1 aromatic rings. The standard InChI is InChI=1S/C7H9N3/c8-7-5-3-1-2-4-6(5)9-10-7/h1-4,7,9-10H,8H2/i7D. The molecule has 3 nitrogen and oxygen atoms in total. The number of hydrogen-bond donors (Lipinski definition) is 3. The van der Waals surface area contributed by atoms with Crippen molar-refractivity contribution in [1.29, 1.82) is 0 Å². The van der Waals surface area contributed by atoms with Crippen molar-refractivity contribution in [3.63, 3.8) is 0 Å². The first kappa shape index (κ1) is 4.71. The van der Waals surface area contributed by atoms with E-state index in [2.05, 4.69) is 10.9 Å². The highest BCUT2D eigenvalue weighted by molar-refractivity contribution is 5.54. The molecule has 0 fully saturated rings. The Morgan fingerprint density at radius 1 is 1.50 bits per heavy atom. The number of hydrazine groups is 1. The molecule has 2 rings (SSSR count). The van der Waals surface area contributed by atoms with E-state index in [0.29, 0.717) is 0 Å². The van der Waals surface area contributed by atoms with Crippen LogP contribution in [-0.2, 0) is 0 Å². The Labute approximate surface area is 60.6 Å². The van der Waals surface area contributed by atoms with Crippen molar-refractivity contribution in [3.8, 4) is 0 Å². The number of rotatable bonds is 0. The van der Waals surface area contributed by atoms with Gasteiger partial charge in [-0.25, -0.2) is 5.43 Å². The van der Waals surface area contributed by atoms with E-state index in [9.17, 15) is 0 Å². The van der Waals surface area contributed by atoms with Crippen LogP contribution >= 0.6 is 0 Å². The zero-order valence-electron chi connectivity index (χ0n) is 6.39. The van der Waals surface area contributed by atoms with Gasteiger partial charge in [-0.15, -0.1) is 0 Å². The molecule has 1 aromatic carbocycles. The van der Waals surface area contributed by atoms with Crippen molar-refractivity contribution in [2.45, 2.75) is 6.14 Å². The van der Waals surface area contributed by atoms with E-state index >= 15 is 0 Å². The van der Waals surface area contributed by atoms with E-state index in [-0.39, 0.29) is 0 Å². The molecule has 1 unspecified atom stereocenters. The van der Waals surface area contributed by atoms with Crippen LogP contribution in [0.25, 0.3) is 0 Å². The number of hydrogen-bond acceptors (Lipinski definition) is 3. The lowest BCUT2D eigenvalue weighted by atomic mass is 10.2. The van der Waals surface area contributed by atoms with E-state index in [0.717, 1.165) is 11.3 Å². The minimum Gasteiger partial charge on any atom is -0.319 e. The van der Waals surface area contributed by atoms with Crippen molar-refractivity contribution < 1.29 is 1.37 Å². The molecule has 0 spiro atoms. The maximum Gasteiger partial charge on any atom is 0.100 e. The summed E-state index contributed by atoms with van der Waals surface area (Å²) in [5.41, 5.74) is 12.7. The topological polar surface area (TPSA) is 50.1 Å². The number of nitrogens with one attached hydrogen (secondary N) is 2. The average molecular weight is 136 g/mol. The summed E-state index contributed by atoms with van der Waals surface area (Å²) in [5.74, 6) is 0. The quantitative estimate of drug-likeness (QED) is 0.489. The van der Waals surface area contributed by atoms with Gasteiger partial charge in [-0.05, 0) is 6.07 Å². The van der Waals surface area contributed by atoms with Crippen LogP contribution < -0.4 is 16.6 Å². The predicted molar refractivity (Wildman–Crippen MR) is 40.1 cm³/mol. The van der Waals surface area contributed by atoms with Gasteiger partial charge in [0.15, 0.2) is 0 Å². The van der Waals surface area contributed by atoms with Gasteiger partial charge in [0.1, 0.15) is 6.14 Å². The number of anilines is 1. The molecular weight excluding hydrogens is 126 g/mol. The zero-order chi connectivity index (χ0) is 7.90. The molecule has 0 radical (unpaired) electrons. The Bertz CT molecular complexity index is 285. The minimum absolute atomic E-state index is 0.778. The molecule has 0 saturated carbocycles. The largest absolute Gasteiger partial charge is 0.319 e. The minimum atomic E-state index is -1.18. The molecule has 4 N–H and O–H groups in total. The lowest BCUT2D eigenvalue weighted by molar-refractivity contribution is 0.655. The zero-order valence-corrected chi connectivity index (χ0v) is 5.39. The summed E-state index contributed by atoms with van der Waals surface area (Å²) in [5, 5.41) is 0. The molecule has 10 heavy (non-hydrogen) atoms. The van der Waals surface area contributed by atoms with Gasteiger partial charge in [-0.3, -0.25) is 0 Å². The molecule has 0 aromatic heterocycles. The molecule has 3 heteroatoms. The van der Waals surface area contributed by atoms with Crippen LogP contribution in [-0.4, -0.2) is 0 Å². The van der Waals surface area contributed by atoms with Gasteiger partial charge in [0.25, 0.3) is 0 Å². The third-order valence-corrected chi connectivity index (χ3v) is 1.55. The summed E-state index contributed by atoms with van der Waals surface area (Å²) < 4.78 is 7.57. The van der Waals surface area contributed by atoms with Crippen LogP contribution in [0.3, 0.4) is 0 Å². The van der Waals surface area contributed by atoms with Crippen molar-refractivity contribution in [3.05, 3.63) is 29.8 Å². The predicted octanol–water partition coefficient (Wildman–Crippen LogP) is 0.574. The van der Waals surface area contributed by atoms with E-state index in [4.69, 9.17) is 7.10 Å². The second-order valence-corrected chi connectivity index (χ2v) is 2.21. The molecule has 52 valence electrons. The molecular formula is C7H9N3. The third-order valence-electron chi connectivity index (χ3n) is 1.55. The average Bonchev–Trinajstić information content (AvgIpc) is 2.29. The SMILES string of the molecule is [2H]C1(N)NNc2ccccc21. The molecule has 0 bridgehead atoms. The Hall–Kier alpha value is -1.06. The lowest BCUT2D eigenvalue weighted by Crippen LogP contribution is -2.25. The van der Waals surface area contributed by atoms with Gasteiger partial charge in [0.05, 0.1) is 7.06 Å². The monoisotopic (exact) mass is 136 g/mol. The molecule has 0 amide bonds. The fourth-order valence-electron chi connectivity index (χ4n) is 1.03. The summed E-state index contributed by atoms with van der Waals surface area (Å²) in [7, 11) is 0. The van der Waals surface area contributed by atoms with E-state index in [1.54, 1.807) is 0 Å². The van der Waals surface area contributed by atoms with Gasteiger partial charge in [-0.2, -0.15) is 0 Å². The van der Waals surface area contributed by atoms with Crippen LogP contribution in [0.5, 0.6) is 0 Å². The van der Waals surface area contributed by atoms with Crippen molar-refractivity contribution in [1.82, 2.24) is 5.43 Å². The summed E-state index contributed by atoms with van der Waals surface area (Å²) in [6, 6.07) is 7.47. The van der Waals surface area contributed by atoms with Gasteiger partial charge < -0.3 is 11.2 Å². The van der Waals surface area contributed by atoms with E-state index in [1.807, 2.05) is 24.3 Å². The van der Waals surface area contributed by atoms with Crippen LogP contribution in [0, 0.1) is 0 Å². The van der Waals surface area contributed by atoms with Crippen molar-refractivity contribution in [2.75, 3.05) is 5.43 Å². The molecule has 0 aliphatic carbocycles. The summed E-state index contributed by atoms with van der Waals surface area (Å²) in [4.78, 5) is 0. The van der Waals surface area contributed by atoms with Crippen LogP contribution in [0.4, 0.5) is 5.69 Å². The molecule has 1 aliphatic rings. The molecule has 1 heterocycles. The Morgan fingerprint density at radius 2 is 2.30 bits per heavy atom. The Balaban J connectivity index is 2.56. The second-order valence-electron chi connectivity index (χ2n) is 2.21. The van der Waals surface area contributed by atoms with Gasteiger partial charge in [0.2, 0.25) is 0 Å². The smallest absolute Gasteiger partial charge is 0.100 e. The van der Waals surface area contributed by atoms with Crippen molar-refractivity contribution >= 4 is 5.69 Å². The second kappa shape index (κ2) is 1.97. The first-order chi connectivity index (χ1) is 5.20. The summed E-state index contributed by atoms with van der Waals surface area (Å²) >= 11 is 0. The highest BCUT2D eigenvalue weighted by atomic mass is 15.4. The first-order valence-electron chi connectivity index (χ1n) is 3.62. The fourth-order valence-corrected chi connectivity index (χ4v) is 1.03. The Kier molecular flexibility index (Phi) is 0.927. The first-order valence-corrected chi connectivity index (χ1v) is 3.12. The maximum atomic E-state index is 7.57. The lowest BCUT2D eigenvalue weighted by Gasteiger charge is -1.99. The summed E-state index contributed by atoms with van der Waals surface area (Å²) in [6.45, 7) is 0. The highest BCUT2D eigenvalue weighted by Gasteiger charge is 2.15. The van der Waals surface area contributed by atoms with E-state index in [1.165, 1.54) is 0 Å². The Morgan fingerprint density at radius 3 is 3.10 bits per heavy atom. The van der Waals surface area contributed by atoms with Gasteiger partial charge >= 0.3 is 0 Å². The van der Waals surface area contributed by atoms with Crippen LogP contribution in [0.1, 0.15) is 13.1 Å². The number of benzene rings is 1. The van der Waals surface area contributed by atoms with E-state index < -0.39 is 6.14 Å². The number of nitrogens with two attached hydrogens (primary N) is 1. The molecule has 0 saturated heterocycles. The highest BCUT2D eigenvalue weighted by Crippen LogP contribution is 2.23. The van der Waals surface area contributed by atoms with Crippen molar-refractivity contribution in [2.24, 2.45) is 5.73 Å². The number of fused-ring (bicyclic) bond motifs is 1. The van der Waals surface area contributed by atoms with Crippen LogP contribution in [0.15, 0.2) is 24.3 Å². The molecule has 1 aliphatic heterocycles. The third kappa shape index (κ3) is 0.683. The normalized spacial score (nSPS) is 30.7. The molecule has 1 atom stereocenters. The fraction of sp³-hybridized carbons (Fsp3) is 0.143.